The minimum absolute atomic E-state index is 0.101. The number of carboxylic acid groups (broad SMARTS) is 1. The Kier molecular flexibility index (Phi) is 6.66. The largest absolute Gasteiger partial charge is 0.480 e. The van der Waals surface area contributed by atoms with Gasteiger partial charge in [0.25, 0.3) is 10.2 Å². The molecule has 0 amide bonds. The first kappa shape index (κ1) is 16.3. The normalized spacial score (nSPS) is 14.2. The van der Waals surface area contributed by atoms with E-state index in [1.807, 2.05) is 27.7 Å². The van der Waals surface area contributed by atoms with Gasteiger partial charge in [0, 0.05) is 6.54 Å². The molecule has 3 N–H and O–H groups in total. The van der Waals surface area contributed by atoms with Crippen molar-refractivity contribution >= 4 is 16.2 Å². The van der Waals surface area contributed by atoms with Gasteiger partial charge in [-0.2, -0.15) is 13.1 Å². The molecule has 0 rings (SSSR count). The van der Waals surface area contributed by atoms with Gasteiger partial charge in [0.2, 0.25) is 0 Å². The van der Waals surface area contributed by atoms with Crippen LogP contribution in [0.15, 0.2) is 0 Å². The molecule has 0 aromatic heterocycles. The maximum Gasteiger partial charge on any atom is 0.321 e. The summed E-state index contributed by atoms with van der Waals surface area (Å²) in [5.41, 5.74) is 0. The Morgan fingerprint density at radius 2 is 1.71 bits per heavy atom. The van der Waals surface area contributed by atoms with Crippen LogP contribution >= 0.6 is 0 Å². The molecule has 0 bridgehead atoms. The zero-order valence-corrected chi connectivity index (χ0v) is 11.5. The number of nitrogens with one attached hydrogen (secondary N) is 2. The maximum absolute atomic E-state index is 11.5. The highest BCUT2D eigenvalue weighted by atomic mass is 32.2. The van der Waals surface area contributed by atoms with Crippen LogP contribution in [0.25, 0.3) is 0 Å². The van der Waals surface area contributed by atoms with Crippen LogP contribution in [0.5, 0.6) is 0 Å². The van der Waals surface area contributed by atoms with Crippen molar-refractivity contribution in [3.63, 3.8) is 0 Å². The van der Waals surface area contributed by atoms with Crippen LogP contribution in [0.2, 0.25) is 0 Å². The average Bonchev–Trinajstić information content (AvgIpc) is 2.12. The molecular formula is C10H22N2O4S. The fraction of sp³-hybridized carbons (Fsp3) is 0.900. The lowest BCUT2D eigenvalue weighted by Crippen LogP contribution is -2.47. The highest BCUT2D eigenvalue weighted by Crippen LogP contribution is 2.05. The van der Waals surface area contributed by atoms with Crippen molar-refractivity contribution in [1.29, 1.82) is 0 Å². The quantitative estimate of drug-likeness (QED) is 0.598. The van der Waals surface area contributed by atoms with Crippen LogP contribution in [0, 0.1) is 11.8 Å². The molecule has 0 saturated carbocycles. The van der Waals surface area contributed by atoms with Crippen LogP contribution in [-0.4, -0.2) is 32.1 Å². The molecule has 0 radical (unpaired) electrons. The number of aliphatic carboxylic acids is 1. The number of hydrogen-bond acceptors (Lipinski definition) is 3. The molecule has 7 heteroatoms. The number of rotatable bonds is 8. The van der Waals surface area contributed by atoms with Gasteiger partial charge in [-0.1, -0.05) is 27.7 Å². The smallest absolute Gasteiger partial charge is 0.321 e. The van der Waals surface area contributed by atoms with Crippen LogP contribution in [-0.2, 0) is 15.0 Å². The zero-order valence-electron chi connectivity index (χ0n) is 10.7. The summed E-state index contributed by atoms with van der Waals surface area (Å²) >= 11 is 0. The summed E-state index contributed by atoms with van der Waals surface area (Å²) in [6.45, 7) is 7.69. The molecule has 0 heterocycles. The van der Waals surface area contributed by atoms with Crippen molar-refractivity contribution in [3.8, 4) is 0 Å². The fourth-order valence-corrected chi connectivity index (χ4v) is 2.38. The van der Waals surface area contributed by atoms with E-state index in [1.54, 1.807) is 0 Å². The van der Waals surface area contributed by atoms with Gasteiger partial charge >= 0.3 is 5.97 Å². The molecule has 0 spiro atoms. The van der Waals surface area contributed by atoms with E-state index in [0.717, 1.165) is 0 Å². The Morgan fingerprint density at radius 3 is 2.06 bits per heavy atom. The molecule has 17 heavy (non-hydrogen) atoms. The van der Waals surface area contributed by atoms with E-state index in [2.05, 4.69) is 9.44 Å². The van der Waals surface area contributed by atoms with Gasteiger partial charge in [-0.15, -0.1) is 0 Å². The molecule has 0 aromatic rings. The summed E-state index contributed by atoms with van der Waals surface area (Å²) in [5.74, 6) is -0.891. The molecule has 0 saturated heterocycles. The predicted octanol–water partition coefficient (Wildman–Crippen LogP) is 0.566. The summed E-state index contributed by atoms with van der Waals surface area (Å²) in [7, 11) is -3.75. The van der Waals surface area contributed by atoms with Gasteiger partial charge < -0.3 is 5.11 Å². The van der Waals surface area contributed by atoms with Crippen LogP contribution in [0.4, 0.5) is 0 Å². The topological polar surface area (TPSA) is 95.5 Å². The van der Waals surface area contributed by atoms with Gasteiger partial charge in [0.15, 0.2) is 0 Å². The van der Waals surface area contributed by atoms with Crippen molar-refractivity contribution in [2.75, 3.05) is 6.54 Å². The first-order chi connectivity index (χ1) is 7.64. The summed E-state index contributed by atoms with van der Waals surface area (Å²) < 4.78 is 27.5. The zero-order chi connectivity index (χ0) is 13.6. The lowest BCUT2D eigenvalue weighted by Gasteiger charge is -2.17. The summed E-state index contributed by atoms with van der Waals surface area (Å²) in [4.78, 5) is 10.9. The first-order valence-electron chi connectivity index (χ1n) is 5.63. The van der Waals surface area contributed by atoms with E-state index >= 15 is 0 Å². The Morgan fingerprint density at radius 1 is 1.18 bits per heavy atom. The van der Waals surface area contributed by atoms with Gasteiger partial charge in [-0.05, 0) is 18.3 Å². The molecule has 0 aliphatic carbocycles. The lowest BCUT2D eigenvalue weighted by molar-refractivity contribution is -0.139. The Bertz CT molecular complexity index is 338. The molecule has 0 fully saturated rings. The summed E-state index contributed by atoms with van der Waals surface area (Å²) in [5, 5.41) is 8.91. The fourth-order valence-electron chi connectivity index (χ4n) is 1.18. The minimum Gasteiger partial charge on any atom is -0.480 e. The third kappa shape index (κ3) is 8.12. The van der Waals surface area contributed by atoms with E-state index < -0.39 is 22.2 Å². The van der Waals surface area contributed by atoms with E-state index in [-0.39, 0.29) is 24.8 Å². The van der Waals surface area contributed by atoms with Crippen molar-refractivity contribution in [2.24, 2.45) is 11.8 Å². The van der Waals surface area contributed by atoms with Crippen molar-refractivity contribution in [3.05, 3.63) is 0 Å². The molecule has 6 nitrogen and oxygen atoms in total. The number of carbonyl (C=O) groups is 1. The summed E-state index contributed by atoms with van der Waals surface area (Å²) in [6, 6.07) is -1.08. The maximum atomic E-state index is 11.5. The van der Waals surface area contributed by atoms with Crippen molar-refractivity contribution in [2.45, 2.75) is 40.2 Å². The summed E-state index contributed by atoms with van der Waals surface area (Å²) in [6.07, 6.45) is 0.262. The Balaban J connectivity index is 4.48. The number of hydrogen-bond donors (Lipinski definition) is 3. The van der Waals surface area contributed by atoms with Crippen LogP contribution in [0.1, 0.15) is 34.1 Å². The molecule has 0 aliphatic heterocycles. The molecule has 102 valence electrons. The molecule has 0 unspecified atom stereocenters. The third-order valence-electron chi connectivity index (χ3n) is 1.98. The highest BCUT2D eigenvalue weighted by molar-refractivity contribution is 7.87. The molecule has 1 atom stereocenters. The molecule has 0 aromatic carbocycles. The van der Waals surface area contributed by atoms with Crippen LogP contribution in [0.3, 0.4) is 0 Å². The Labute approximate surface area is 103 Å². The van der Waals surface area contributed by atoms with E-state index in [9.17, 15) is 13.2 Å². The van der Waals surface area contributed by atoms with Crippen molar-refractivity contribution < 1.29 is 18.3 Å². The predicted molar refractivity (Wildman–Crippen MR) is 65.8 cm³/mol. The second-order valence-electron chi connectivity index (χ2n) is 4.88. The van der Waals surface area contributed by atoms with E-state index in [1.165, 1.54) is 0 Å². The lowest BCUT2D eigenvalue weighted by atomic mass is 10.1. The van der Waals surface area contributed by atoms with Crippen molar-refractivity contribution in [1.82, 2.24) is 9.44 Å². The van der Waals surface area contributed by atoms with Crippen LogP contribution < -0.4 is 9.44 Å². The van der Waals surface area contributed by atoms with Gasteiger partial charge in [0.05, 0.1) is 0 Å². The minimum atomic E-state index is -3.75. The monoisotopic (exact) mass is 266 g/mol. The SMILES string of the molecule is CC(C)CNS(=O)(=O)N[C@@H](CC(C)C)C(=O)O. The third-order valence-corrected chi connectivity index (χ3v) is 3.13. The van der Waals surface area contributed by atoms with Gasteiger partial charge in [-0.3, -0.25) is 4.79 Å². The van der Waals surface area contributed by atoms with E-state index in [4.69, 9.17) is 5.11 Å². The highest BCUT2D eigenvalue weighted by Gasteiger charge is 2.24. The van der Waals surface area contributed by atoms with E-state index in [0.29, 0.717) is 0 Å². The average molecular weight is 266 g/mol. The Hall–Kier alpha value is -0.660. The van der Waals surface area contributed by atoms with Gasteiger partial charge in [0.1, 0.15) is 6.04 Å². The molecular weight excluding hydrogens is 244 g/mol. The second-order valence-corrected chi connectivity index (χ2v) is 6.42. The number of carboxylic acids is 1. The standard InChI is InChI=1S/C10H22N2O4S/c1-7(2)5-9(10(13)14)12-17(15,16)11-6-8(3)4/h7-9,11-12H,5-6H2,1-4H3,(H,13,14)/t9-/m0/s1. The first-order valence-corrected chi connectivity index (χ1v) is 7.12. The van der Waals surface area contributed by atoms with Gasteiger partial charge in [-0.25, -0.2) is 4.72 Å². The molecule has 0 aliphatic rings. The second kappa shape index (κ2) is 6.93.